The summed E-state index contributed by atoms with van der Waals surface area (Å²) in [5, 5.41) is 2.27. The van der Waals surface area contributed by atoms with E-state index >= 15 is 0 Å². The minimum absolute atomic E-state index is 0.586. The monoisotopic (exact) mass is 272 g/mol. The van der Waals surface area contributed by atoms with Gasteiger partial charge < -0.3 is 5.73 Å². The van der Waals surface area contributed by atoms with Gasteiger partial charge in [0.1, 0.15) is 5.82 Å². The fourth-order valence-corrected chi connectivity index (χ4v) is 2.79. The second-order valence-electron chi connectivity index (χ2n) is 3.43. The van der Waals surface area contributed by atoms with Crippen LogP contribution in [-0.4, -0.2) is 4.98 Å². The molecule has 84 valence electrons. The van der Waals surface area contributed by atoms with Crippen LogP contribution in [0.4, 0.5) is 5.82 Å². The van der Waals surface area contributed by atoms with Crippen molar-refractivity contribution in [1.29, 1.82) is 0 Å². The van der Waals surface area contributed by atoms with Gasteiger partial charge in [0.2, 0.25) is 0 Å². The fourth-order valence-electron chi connectivity index (χ4n) is 1.39. The van der Waals surface area contributed by atoms with Crippen molar-refractivity contribution in [3.05, 3.63) is 43.7 Å². The Morgan fingerprint density at radius 2 is 1.94 bits per heavy atom. The summed E-state index contributed by atoms with van der Waals surface area (Å²) >= 11 is 13.7. The third kappa shape index (κ3) is 2.32. The molecule has 2 N–H and O–H groups in total. The third-order valence-corrected chi connectivity index (χ3v) is 3.96. The Morgan fingerprint density at radius 3 is 2.44 bits per heavy atom. The summed E-state index contributed by atoms with van der Waals surface area (Å²) in [6.07, 6.45) is 0.626. The Kier molecular flexibility index (Phi) is 3.38. The number of nitrogen functional groups attached to an aromatic ring is 1. The van der Waals surface area contributed by atoms with Gasteiger partial charge in [-0.3, -0.25) is 0 Å². The van der Waals surface area contributed by atoms with Gasteiger partial charge in [0.15, 0.2) is 0 Å². The van der Waals surface area contributed by atoms with Gasteiger partial charge in [-0.2, -0.15) is 0 Å². The van der Waals surface area contributed by atoms with Crippen LogP contribution in [0.5, 0.6) is 0 Å². The first kappa shape index (κ1) is 11.7. The van der Waals surface area contributed by atoms with Crippen molar-refractivity contribution < 1.29 is 0 Å². The molecule has 0 saturated carbocycles. The van der Waals surface area contributed by atoms with E-state index in [0.717, 1.165) is 15.4 Å². The number of hydrogen-bond donors (Lipinski definition) is 1. The molecule has 0 aliphatic heterocycles. The number of aryl methyl sites for hydroxylation is 1. The number of rotatable bonds is 2. The average Bonchev–Trinajstić information content (AvgIpc) is 2.53. The highest BCUT2D eigenvalue weighted by Crippen LogP contribution is 2.29. The van der Waals surface area contributed by atoms with E-state index in [1.807, 2.05) is 25.1 Å². The molecule has 0 unspecified atom stereocenters. The molecule has 2 rings (SSSR count). The van der Waals surface area contributed by atoms with Crippen molar-refractivity contribution in [2.24, 2.45) is 0 Å². The molecule has 1 aromatic heterocycles. The normalized spacial score (nSPS) is 10.7. The summed E-state index contributed by atoms with van der Waals surface area (Å²) < 4.78 is 0. The molecule has 0 spiro atoms. The Balaban J connectivity index is 2.33. The minimum Gasteiger partial charge on any atom is -0.383 e. The van der Waals surface area contributed by atoms with Crippen LogP contribution in [0.2, 0.25) is 10.0 Å². The van der Waals surface area contributed by atoms with E-state index in [9.17, 15) is 0 Å². The van der Waals surface area contributed by atoms with E-state index in [1.54, 1.807) is 11.3 Å². The lowest BCUT2D eigenvalue weighted by Gasteiger charge is -2.03. The van der Waals surface area contributed by atoms with Crippen LogP contribution in [0.3, 0.4) is 0 Å². The lowest BCUT2D eigenvalue weighted by atomic mass is 10.1. The Bertz CT molecular complexity index is 483. The first-order chi connectivity index (χ1) is 7.58. The van der Waals surface area contributed by atoms with Gasteiger partial charge >= 0.3 is 0 Å². The number of nitrogens with zero attached hydrogens (tertiary/aromatic N) is 1. The first-order valence-electron chi connectivity index (χ1n) is 4.72. The largest absolute Gasteiger partial charge is 0.383 e. The summed E-state index contributed by atoms with van der Waals surface area (Å²) in [5.41, 5.74) is 6.61. The second-order valence-corrected chi connectivity index (χ2v) is 5.53. The summed E-state index contributed by atoms with van der Waals surface area (Å²) in [6.45, 7) is 1.95. The van der Waals surface area contributed by atoms with Crippen LogP contribution in [0.25, 0.3) is 0 Å². The van der Waals surface area contributed by atoms with Crippen molar-refractivity contribution >= 4 is 40.4 Å². The first-order valence-corrected chi connectivity index (χ1v) is 6.30. The lowest BCUT2D eigenvalue weighted by Crippen LogP contribution is -1.91. The number of aromatic nitrogens is 1. The smallest absolute Gasteiger partial charge is 0.137 e. The second kappa shape index (κ2) is 4.62. The van der Waals surface area contributed by atoms with E-state index in [1.165, 1.54) is 0 Å². The highest BCUT2D eigenvalue weighted by Gasteiger charge is 2.10. The number of benzene rings is 1. The summed E-state index contributed by atoms with van der Waals surface area (Å²) in [5.74, 6) is 0.586. The highest BCUT2D eigenvalue weighted by molar-refractivity contribution is 7.12. The number of nitrogens with two attached hydrogens (primary N) is 1. The lowest BCUT2D eigenvalue weighted by molar-refractivity contribution is 1.14. The van der Waals surface area contributed by atoms with Gasteiger partial charge in [-0.15, -0.1) is 11.3 Å². The van der Waals surface area contributed by atoms with E-state index in [2.05, 4.69) is 4.98 Å². The van der Waals surface area contributed by atoms with Crippen molar-refractivity contribution in [1.82, 2.24) is 4.98 Å². The van der Waals surface area contributed by atoms with E-state index in [4.69, 9.17) is 28.9 Å². The van der Waals surface area contributed by atoms with Gasteiger partial charge in [0.05, 0.1) is 5.01 Å². The third-order valence-electron chi connectivity index (χ3n) is 2.27. The number of thiazole rings is 1. The van der Waals surface area contributed by atoms with Crippen molar-refractivity contribution in [3.8, 4) is 0 Å². The molecule has 0 atom stereocenters. The van der Waals surface area contributed by atoms with Crippen molar-refractivity contribution in [2.75, 3.05) is 5.73 Å². The van der Waals surface area contributed by atoms with Gasteiger partial charge in [0.25, 0.3) is 0 Å². The van der Waals surface area contributed by atoms with Gasteiger partial charge in [-0.05, 0) is 24.6 Å². The van der Waals surface area contributed by atoms with Gasteiger partial charge in [-0.1, -0.05) is 29.3 Å². The fraction of sp³-hybridized carbons (Fsp3) is 0.182. The Labute approximate surface area is 108 Å². The maximum Gasteiger partial charge on any atom is 0.137 e. The minimum atomic E-state index is 0.586. The zero-order chi connectivity index (χ0) is 11.7. The van der Waals surface area contributed by atoms with Crippen LogP contribution in [0.15, 0.2) is 18.2 Å². The molecule has 16 heavy (non-hydrogen) atoms. The molecular weight excluding hydrogens is 263 g/mol. The van der Waals surface area contributed by atoms with Crippen molar-refractivity contribution in [3.63, 3.8) is 0 Å². The molecule has 0 saturated heterocycles. The number of hydrogen-bond acceptors (Lipinski definition) is 3. The maximum absolute atomic E-state index is 6.09. The van der Waals surface area contributed by atoms with Crippen LogP contribution >= 0.6 is 34.5 Å². The SMILES string of the molecule is Cc1sc(Cc2c(Cl)cccc2Cl)nc1N. The molecule has 0 amide bonds. The van der Waals surface area contributed by atoms with Crippen molar-refractivity contribution in [2.45, 2.75) is 13.3 Å². The topological polar surface area (TPSA) is 38.9 Å². The summed E-state index contributed by atoms with van der Waals surface area (Å²) in [4.78, 5) is 5.29. The Morgan fingerprint density at radius 1 is 1.31 bits per heavy atom. The van der Waals surface area contributed by atoms with Crippen LogP contribution in [-0.2, 0) is 6.42 Å². The molecule has 0 radical (unpaired) electrons. The number of halogens is 2. The zero-order valence-electron chi connectivity index (χ0n) is 8.63. The number of anilines is 1. The molecule has 2 nitrogen and oxygen atoms in total. The highest BCUT2D eigenvalue weighted by atomic mass is 35.5. The van der Waals surface area contributed by atoms with Gasteiger partial charge in [0, 0.05) is 21.3 Å². The Hall–Kier alpha value is -0.770. The standard InChI is InChI=1S/C11H10Cl2N2S/c1-6-11(14)15-10(16-6)5-7-8(12)3-2-4-9(7)13/h2-4H,5,14H2,1H3. The molecule has 5 heteroatoms. The van der Waals surface area contributed by atoms with Crippen LogP contribution in [0, 0.1) is 6.92 Å². The van der Waals surface area contributed by atoms with Crippen LogP contribution < -0.4 is 5.73 Å². The molecule has 2 aromatic rings. The predicted octanol–water partition coefficient (Wildman–Crippen LogP) is 3.93. The molecular formula is C11H10Cl2N2S. The molecule has 1 heterocycles. The maximum atomic E-state index is 6.09. The van der Waals surface area contributed by atoms with Crippen LogP contribution in [0.1, 0.15) is 15.4 Å². The quantitative estimate of drug-likeness (QED) is 0.900. The van der Waals surface area contributed by atoms with E-state index in [0.29, 0.717) is 22.3 Å². The van der Waals surface area contributed by atoms with E-state index < -0.39 is 0 Å². The van der Waals surface area contributed by atoms with E-state index in [-0.39, 0.29) is 0 Å². The predicted molar refractivity (Wildman–Crippen MR) is 70.5 cm³/mol. The molecule has 0 aliphatic rings. The molecule has 1 aromatic carbocycles. The molecule has 0 bridgehead atoms. The molecule has 0 fully saturated rings. The zero-order valence-corrected chi connectivity index (χ0v) is 11.0. The average molecular weight is 273 g/mol. The summed E-state index contributed by atoms with van der Waals surface area (Å²) in [6, 6.07) is 5.48. The van der Waals surface area contributed by atoms with Gasteiger partial charge in [-0.25, -0.2) is 4.98 Å². The summed E-state index contributed by atoms with van der Waals surface area (Å²) in [7, 11) is 0. The molecule has 0 aliphatic carbocycles.